The second-order valence-electron chi connectivity index (χ2n) is 2.27. The van der Waals surface area contributed by atoms with Crippen molar-refractivity contribution in [3.63, 3.8) is 0 Å². The van der Waals surface area contributed by atoms with Crippen LogP contribution in [0.15, 0.2) is 18.7 Å². The highest BCUT2D eigenvalue weighted by Crippen LogP contribution is 2.09. The highest BCUT2D eigenvalue weighted by molar-refractivity contribution is 5.72. The zero-order chi connectivity index (χ0) is 8.39. The summed E-state index contributed by atoms with van der Waals surface area (Å²) in [6.07, 6.45) is 5.38. The van der Waals surface area contributed by atoms with E-state index in [1.165, 1.54) is 6.20 Å². The van der Waals surface area contributed by atoms with Crippen LogP contribution in [0, 0.1) is 0 Å². The molecule has 2 rings (SSSR count). The van der Waals surface area contributed by atoms with E-state index in [-0.39, 0.29) is 0 Å². The second kappa shape index (κ2) is 2.61. The molecule has 5 heteroatoms. The van der Waals surface area contributed by atoms with E-state index in [9.17, 15) is 4.79 Å². The normalized spacial score (nSPS) is 10.0. The Bertz CT molecular complexity index is 376. The molecular weight excluding hydrogens is 156 g/mol. The quantitative estimate of drug-likeness (QED) is 0.635. The average molecular weight is 162 g/mol. The van der Waals surface area contributed by atoms with Gasteiger partial charge in [0.1, 0.15) is 5.69 Å². The number of aldehydes is 1. The monoisotopic (exact) mass is 162 g/mol. The highest BCUT2D eigenvalue weighted by Gasteiger charge is 2.02. The predicted octanol–water partition coefficient (Wildman–Crippen LogP) is 0.612. The van der Waals surface area contributed by atoms with Gasteiger partial charge in [0, 0.05) is 0 Å². The SMILES string of the molecule is O=Cc1cnc(-c2cnc[nH]2)[nH]1. The number of rotatable bonds is 2. The number of aromatic nitrogens is 4. The maximum absolute atomic E-state index is 10.3. The van der Waals surface area contributed by atoms with E-state index in [1.54, 1.807) is 12.5 Å². The molecule has 2 heterocycles. The smallest absolute Gasteiger partial charge is 0.167 e. The summed E-state index contributed by atoms with van der Waals surface area (Å²) in [5.74, 6) is 0.620. The minimum absolute atomic E-state index is 0.458. The Morgan fingerprint density at radius 2 is 2.33 bits per heavy atom. The molecule has 0 bridgehead atoms. The summed E-state index contributed by atoms with van der Waals surface area (Å²) in [4.78, 5) is 23.8. The van der Waals surface area contributed by atoms with E-state index in [4.69, 9.17) is 0 Å². The number of carbonyl (C=O) groups excluding carboxylic acids is 1. The minimum Gasteiger partial charge on any atom is -0.342 e. The van der Waals surface area contributed by atoms with Gasteiger partial charge in [0.2, 0.25) is 0 Å². The first-order chi connectivity index (χ1) is 5.90. The maximum Gasteiger partial charge on any atom is 0.167 e. The van der Waals surface area contributed by atoms with Crippen molar-refractivity contribution in [3.05, 3.63) is 24.4 Å². The van der Waals surface area contributed by atoms with E-state index in [2.05, 4.69) is 19.9 Å². The number of hydrogen-bond donors (Lipinski definition) is 2. The molecule has 2 aromatic heterocycles. The Kier molecular flexibility index (Phi) is 1.48. The number of H-pyrrole nitrogens is 2. The fraction of sp³-hybridized carbons (Fsp3) is 0. The van der Waals surface area contributed by atoms with Gasteiger partial charge in [-0.1, -0.05) is 0 Å². The molecule has 0 aromatic carbocycles. The van der Waals surface area contributed by atoms with Gasteiger partial charge in [-0.25, -0.2) is 9.97 Å². The van der Waals surface area contributed by atoms with Gasteiger partial charge in [-0.05, 0) is 0 Å². The second-order valence-corrected chi connectivity index (χ2v) is 2.27. The molecule has 0 aliphatic carbocycles. The van der Waals surface area contributed by atoms with Crippen molar-refractivity contribution in [2.45, 2.75) is 0 Å². The molecule has 0 radical (unpaired) electrons. The van der Waals surface area contributed by atoms with Crippen molar-refractivity contribution in [2.75, 3.05) is 0 Å². The molecule has 0 saturated carbocycles. The lowest BCUT2D eigenvalue weighted by molar-refractivity contribution is 0.111. The van der Waals surface area contributed by atoms with Gasteiger partial charge in [0.05, 0.1) is 24.4 Å². The molecule has 2 N–H and O–H groups in total. The zero-order valence-electron chi connectivity index (χ0n) is 6.11. The highest BCUT2D eigenvalue weighted by atomic mass is 16.1. The van der Waals surface area contributed by atoms with E-state index < -0.39 is 0 Å². The Balaban J connectivity index is 2.41. The van der Waals surface area contributed by atoms with Crippen LogP contribution in [0.1, 0.15) is 10.5 Å². The Hall–Kier alpha value is -1.91. The van der Waals surface area contributed by atoms with E-state index in [0.717, 1.165) is 5.69 Å². The molecule has 5 nitrogen and oxygen atoms in total. The van der Waals surface area contributed by atoms with Crippen LogP contribution in [0.2, 0.25) is 0 Å². The number of nitrogens with zero attached hydrogens (tertiary/aromatic N) is 2. The van der Waals surface area contributed by atoms with Crippen LogP contribution in [0.4, 0.5) is 0 Å². The number of nitrogens with one attached hydrogen (secondary N) is 2. The molecular formula is C7H6N4O. The van der Waals surface area contributed by atoms with Crippen molar-refractivity contribution in [1.29, 1.82) is 0 Å². The van der Waals surface area contributed by atoms with Crippen molar-refractivity contribution in [3.8, 4) is 11.5 Å². The Labute approximate surface area is 67.9 Å². The lowest BCUT2D eigenvalue weighted by atomic mass is 10.5. The van der Waals surface area contributed by atoms with Gasteiger partial charge in [-0.2, -0.15) is 0 Å². The lowest BCUT2D eigenvalue weighted by Gasteiger charge is -1.86. The third-order valence-electron chi connectivity index (χ3n) is 1.48. The molecule has 60 valence electrons. The summed E-state index contributed by atoms with van der Waals surface area (Å²) in [7, 11) is 0. The molecule has 12 heavy (non-hydrogen) atoms. The largest absolute Gasteiger partial charge is 0.342 e. The van der Waals surface area contributed by atoms with Crippen LogP contribution in [0.5, 0.6) is 0 Å². The fourth-order valence-corrected chi connectivity index (χ4v) is 0.918. The lowest BCUT2D eigenvalue weighted by Crippen LogP contribution is -1.80. The fourth-order valence-electron chi connectivity index (χ4n) is 0.918. The molecule has 0 amide bonds. The maximum atomic E-state index is 10.3. The summed E-state index contributed by atoms with van der Waals surface area (Å²) < 4.78 is 0. The van der Waals surface area contributed by atoms with Crippen molar-refractivity contribution >= 4 is 6.29 Å². The third kappa shape index (κ3) is 1.01. The molecule has 0 aliphatic rings. The van der Waals surface area contributed by atoms with Gasteiger partial charge < -0.3 is 9.97 Å². The summed E-state index contributed by atoms with van der Waals surface area (Å²) in [5, 5.41) is 0. The molecule has 0 unspecified atom stereocenters. The van der Waals surface area contributed by atoms with Gasteiger partial charge >= 0.3 is 0 Å². The van der Waals surface area contributed by atoms with Crippen molar-refractivity contribution in [2.24, 2.45) is 0 Å². The molecule has 0 atom stereocenters. The number of imidazole rings is 2. The van der Waals surface area contributed by atoms with Crippen molar-refractivity contribution in [1.82, 2.24) is 19.9 Å². The molecule has 0 spiro atoms. The Morgan fingerprint density at radius 3 is 2.92 bits per heavy atom. The van der Waals surface area contributed by atoms with Crippen LogP contribution in [-0.2, 0) is 0 Å². The van der Waals surface area contributed by atoms with Gasteiger partial charge in [0.15, 0.2) is 12.1 Å². The number of carbonyl (C=O) groups is 1. The summed E-state index contributed by atoms with van der Waals surface area (Å²) in [6, 6.07) is 0. The van der Waals surface area contributed by atoms with Crippen LogP contribution < -0.4 is 0 Å². The predicted molar refractivity (Wildman–Crippen MR) is 41.6 cm³/mol. The summed E-state index contributed by atoms with van der Waals surface area (Å²) >= 11 is 0. The van der Waals surface area contributed by atoms with E-state index >= 15 is 0 Å². The topological polar surface area (TPSA) is 74.4 Å². The van der Waals surface area contributed by atoms with Crippen LogP contribution in [0.3, 0.4) is 0 Å². The standard InChI is InChI=1S/C7H6N4O/c12-3-5-1-9-7(11-5)6-2-8-4-10-6/h1-4H,(H,8,10)(H,9,11). The Morgan fingerprint density at radius 1 is 1.42 bits per heavy atom. The first-order valence-electron chi connectivity index (χ1n) is 3.39. The van der Waals surface area contributed by atoms with E-state index in [1.807, 2.05) is 0 Å². The average Bonchev–Trinajstić information content (AvgIpc) is 2.75. The van der Waals surface area contributed by atoms with E-state index in [0.29, 0.717) is 17.8 Å². The molecule has 2 aromatic rings. The summed E-state index contributed by atoms with van der Waals surface area (Å²) in [5.41, 5.74) is 1.22. The van der Waals surface area contributed by atoms with Crippen LogP contribution >= 0.6 is 0 Å². The zero-order valence-corrected chi connectivity index (χ0v) is 6.11. The first-order valence-corrected chi connectivity index (χ1v) is 3.39. The third-order valence-corrected chi connectivity index (χ3v) is 1.48. The summed E-state index contributed by atoms with van der Waals surface area (Å²) in [6.45, 7) is 0. The van der Waals surface area contributed by atoms with Crippen LogP contribution in [0.25, 0.3) is 11.5 Å². The van der Waals surface area contributed by atoms with Gasteiger partial charge in [0.25, 0.3) is 0 Å². The van der Waals surface area contributed by atoms with Gasteiger partial charge in [-0.15, -0.1) is 0 Å². The van der Waals surface area contributed by atoms with Gasteiger partial charge in [-0.3, -0.25) is 4.79 Å². The molecule has 0 fully saturated rings. The van der Waals surface area contributed by atoms with Crippen LogP contribution in [-0.4, -0.2) is 26.2 Å². The van der Waals surface area contributed by atoms with Crippen molar-refractivity contribution < 1.29 is 4.79 Å². The number of aromatic amines is 2. The molecule has 0 aliphatic heterocycles. The number of hydrogen-bond acceptors (Lipinski definition) is 3. The first kappa shape index (κ1) is 6.78. The minimum atomic E-state index is 0.458. The molecule has 0 saturated heterocycles.